The van der Waals surface area contributed by atoms with E-state index in [-0.39, 0.29) is 17.4 Å². The lowest BCUT2D eigenvalue weighted by Gasteiger charge is -2.45. The minimum absolute atomic E-state index is 0.0815. The lowest BCUT2D eigenvalue weighted by Crippen LogP contribution is -2.57. The summed E-state index contributed by atoms with van der Waals surface area (Å²) >= 11 is 0. The fourth-order valence-corrected chi connectivity index (χ4v) is 3.76. The van der Waals surface area contributed by atoms with E-state index in [0.29, 0.717) is 25.2 Å². The second-order valence-corrected chi connectivity index (χ2v) is 6.24. The van der Waals surface area contributed by atoms with Crippen LogP contribution in [-0.4, -0.2) is 56.8 Å². The van der Waals surface area contributed by atoms with Crippen molar-refractivity contribution in [1.29, 1.82) is 0 Å². The van der Waals surface area contributed by atoms with Crippen LogP contribution in [0.5, 0.6) is 0 Å². The normalized spacial score (nSPS) is 25.1. The maximum atomic E-state index is 12.6. The van der Waals surface area contributed by atoms with E-state index in [2.05, 4.69) is 9.97 Å². The maximum absolute atomic E-state index is 12.6. The summed E-state index contributed by atoms with van der Waals surface area (Å²) in [6.07, 6.45) is 6.51. The summed E-state index contributed by atoms with van der Waals surface area (Å²) in [5.41, 5.74) is 1.01. The van der Waals surface area contributed by atoms with Crippen LogP contribution in [-0.2, 0) is 4.79 Å². The molecule has 2 aliphatic rings. The first-order valence-corrected chi connectivity index (χ1v) is 7.94. The number of carbonyl (C=O) groups excluding carboxylic acids is 2. The Bertz CT molecular complexity index is 586. The van der Waals surface area contributed by atoms with Gasteiger partial charge in [0.2, 0.25) is 5.91 Å². The molecule has 118 valence electrons. The molecule has 2 fully saturated rings. The van der Waals surface area contributed by atoms with Crippen molar-refractivity contribution >= 4 is 11.8 Å². The Balaban J connectivity index is 1.80. The fraction of sp³-hybridized carbons (Fsp3) is 0.625. The highest BCUT2D eigenvalue weighted by Gasteiger charge is 2.47. The van der Waals surface area contributed by atoms with Gasteiger partial charge in [0.1, 0.15) is 5.69 Å². The van der Waals surface area contributed by atoms with Gasteiger partial charge in [-0.25, -0.2) is 4.98 Å². The molecule has 1 aromatic rings. The van der Waals surface area contributed by atoms with Gasteiger partial charge in [-0.3, -0.25) is 14.6 Å². The van der Waals surface area contributed by atoms with Gasteiger partial charge in [-0.15, -0.1) is 0 Å². The number of piperidine rings is 1. The topological polar surface area (TPSA) is 66.4 Å². The van der Waals surface area contributed by atoms with Gasteiger partial charge < -0.3 is 9.80 Å². The number of nitrogens with zero attached hydrogens (tertiary/aromatic N) is 4. The lowest BCUT2D eigenvalue weighted by atomic mass is 9.86. The van der Waals surface area contributed by atoms with Crippen molar-refractivity contribution in [1.82, 2.24) is 19.8 Å². The average Bonchev–Trinajstić information content (AvgIpc) is 2.83. The summed E-state index contributed by atoms with van der Waals surface area (Å²) in [6, 6.07) is 0. The van der Waals surface area contributed by atoms with Crippen LogP contribution >= 0.6 is 0 Å². The Morgan fingerprint density at radius 3 is 2.82 bits per heavy atom. The summed E-state index contributed by atoms with van der Waals surface area (Å²) in [7, 11) is 0. The van der Waals surface area contributed by atoms with Gasteiger partial charge in [-0.1, -0.05) is 0 Å². The van der Waals surface area contributed by atoms with Crippen LogP contribution in [0, 0.1) is 6.92 Å². The zero-order valence-electron chi connectivity index (χ0n) is 13.2. The van der Waals surface area contributed by atoms with E-state index < -0.39 is 0 Å². The molecule has 0 aliphatic carbocycles. The molecule has 0 aromatic carbocycles. The Hall–Kier alpha value is -1.98. The SMILES string of the molecule is CCN1C(=O)CC[C@]12CCCN(C(=O)c1cnc(C)cn1)C2. The highest BCUT2D eigenvalue weighted by molar-refractivity contribution is 5.92. The number of likely N-dealkylation sites (N-methyl/N-ethyl adjacent to an activating group) is 1. The van der Waals surface area contributed by atoms with Crippen molar-refractivity contribution in [3.8, 4) is 0 Å². The van der Waals surface area contributed by atoms with Crippen LogP contribution in [0.25, 0.3) is 0 Å². The molecule has 2 aliphatic heterocycles. The third kappa shape index (κ3) is 2.46. The summed E-state index contributed by atoms with van der Waals surface area (Å²) in [4.78, 5) is 36.9. The number of carbonyl (C=O) groups is 2. The second-order valence-electron chi connectivity index (χ2n) is 6.24. The molecule has 6 nitrogen and oxygen atoms in total. The molecule has 0 bridgehead atoms. The number of aryl methyl sites for hydroxylation is 1. The molecule has 6 heteroatoms. The average molecular weight is 302 g/mol. The summed E-state index contributed by atoms with van der Waals surface area (Å²) < 4.78 is 0. The Morgan fingerprint density at radius 2 is 2.14 bits per heavy atom. The van der Waals surface area contributed by atoms with Gasteiger partial charge >= 0.3 is 0 Å². The van der Waals surface area contributed by atoms with E-state index >= 15 is 0 Å². The summed E-state index contributed by atoms with van der Waals surface area (Å²) in [6.45, 7) is 5.91. The molecule has 0 unspecified atom stereocenters. The molecule has 0 radical (unpaired) electrons. The van der Waals surface area contributed by atoms with Gasteiger partial charge in [0.25, 0.3) is 5.91 Å². The maximum Gasteiger partial charge on any atom is 0.274 e. The van der Waals surface area contributed by atoms with E-state index in [4.69, 9.17) is 0 Å². The largest absolute Gasteiger partial charge is 0.336 e. The smallest absolute Gasteiger partial charge is 0.274 e. The third-order valence-electron chi connectivity index (χ3n) is 4.84. The minimum Gasteiger partial charge on any atom is -0.336 e. The summed E-state index contributed by atoms with van der Waals surface area (Å²) in [5.74, 6) is 0.133. The predicted octanol–water partition coefficient (Wildman–Crippen LogP) is 1.40. The van der Waals surface area contributed by atoms with E-state index in [1.54, 1.807) is 6.20 Å². The van der Waals surface area contributed by atoms with Crippen molar-refractivity contribution in [2.45, 2.75) is 45.1 Å². The minimum atomic E-state index is -0.169. The fourth-order valence-electron chi connectivity index (χ4n) is 3.76. The van der Waals surface area contributed by atoms with Crippen LogP contribution < -0.4 is 0 Å². The van der Waals surface area contributed by atoms with Crippen LogP contribution in [0.4, 0.5) is 0 Å². The van der Waals surface area contributed by atoms with E-state index in [1.165, 1.54) is 6.20 Å². The monoisotopic (exact) mass is 302 g/mol. The molecule has 3 heterocycles. The first-order valence-electron chi connectivity index (χ1n) is 7.94. The molecule has 22 heavy (non-hydrogen) atoms. The molecular formula is C16H22N4O2. The third-order valence-corrected chi connectivity index (χ3v) is 4.84. The molecular weight excluding hydrogens is 280 g/mol. The van der Waals surface area contributed by atoms with E-state index in [9.17, 15) is 9.59 Å². The number of amides is 2. The Labute approximate surface area is 130 Å². The van der Waals surface area contributed by atoms with Gasteiger partial charge in [-0.2, -0.15) is 0 Å². The number of aromatic nitrogens is 2. The molecule has 2 saturated heterocycles. The first-order chi connectivity index (χ1) is 10.6. The van der Waals surface area contributed by atoms with Crippen molar-refractivity contribution in [3.63, 3.8) is 0 Å². The van der Waals surface area contributed by atoms with Gasteiger partial charge in [0.05, 0.1) is 17.4 Å². The number of hydrogen-bond donors (Lipinski definition) is 0. The van der Waals surface area contributed by atoms with Gasteiger partial charge in [0.15, 0.2) is 0 Å². The van der Waals surface area contributed by atoms with Gasteiger partial charge in [0, 0.05) is 32.3 Å². The van der Waals surface area contributed by atoms with Crippen molar-refractivity contribution in [2.75, 3.05) is 19.6 Å². The standard InChI is InChI=1S/C16H22N4O2/c1-3-20-14(21)5-7-16(20)6-4-8-19(11-16)15(22)13-10-17-12(2)9-18-13/h9-10H,3-8,11H2,1-2H3/t16-/m0/s1. The molecule has 0 N–H and O–H groups in total. The molecule has 3 rings (SSSR count). The first kappa shape index (κ1) is 14.9. The zero-order valence-corrected chi connectivity index (χ0v) is 13.2. The molecule has 2 amide bonds. The highest BCUT2D eigenvalue weighted by atomic mass is 16.2. The number of hydrogen-bond acceptors (Lipinski definition) is 4. The van der Waals surface area contributed by atoms with Crippen LogP contribution in [0.1, 0.15) is 48.8 Å². The van der Waals surface area contributed by atoms with Crippen molar-refractivity contribution in [2.24, 2.45) is 0 Å². The Kier molecular flexibility index (Phi) is 3.85. The molecule has 1 aromatic heterocycles. The Morgan fingerprint density at radius 1 is 1.32 bits per heavy atom. The quantitative estimate of drug-likeness (QED) is 0.828. The predicted molar refractivity (Wildman–Crippen MR) is 81.3 cm³/mol. The molecule has 0 saturated carbocycles. The van der Waals surface area contributed by atoms with Crippen molar-refractivity contribution in [3.05, 3.63) is 23.8 Å². The van der Waals surface area contributed by atoms with Crippen LogP contribution in [0.2, 0.25) is 0 Å². The second kappa shape index (κ2) is 5.66. The van der Waals surface area contributed by atoms with Crippen LogP contribution in [0.3, 0.4) is 0 Å². The van der Waals surface area contributed by atoms with E-state index in [1.807, 2.05) is 23.6 Å². The molecule has 1 atom stereocenters. The number of likely N-dealkylation sites (tertiary alicyclic amines) is 2. The number of rotatable bonds is 2. The van der Waals surface area contributed by atoms with Crippen molar-refractivity contribution < 1.29 is 9.59 Å². The van der Waals surface area contributed by atoms with Crippen LogP contribution in [0.15, 0.2) is 12.4 Å². The zero-order chi connectivity index (χ0) is 15.7. The van der Waals surface area contributed by atoms with Gasteiger partial charge in [-0.05, 0) is 33.1 Å². The highest BCUT2D eigenvalue weighted by Crippen LogP contribution is 2.37. The molecule has 1 spiro atoms. The lowest BCUT2D eigenvalue weighted by molar-refractivity contribution is -0.132. The van der Waals surface area contributed by atoms with E-state index in [0.717, 1.165) is 31.5 Å². The summed E-state index contributed by atoms with van der Waals surface area (Å²) in [5, 5.41) is 0.